The molecule has 104 valence electrons. The Morgan fingerprint density at radius 1 is 1.10 bits per heavy atom. The van der Waals surface area contributed by atoms with E-state index in [0.29, 0.717) is 0 Å². The molecule has 0 aliphatic rings. The Kier molecular flexibility index (Phi) is 4.53. The molecule has 0 aliphatic heterocycles. The molecule has 0 amide bonds. The molecule has 3 heteroatoms. The van der Waals surface area contributed by atoms with Crippen LogP contribution in [0.3, 0.4) is 0 Å². The van der Waals surface area contributed by atoms with Gasteiger partial charge in [0.05, 0.1) is 0 Å². The quantitative estimate of drug-likeness (QED) is 0.868. The van der Waals surface area contributed by atoms with Gasteiger partial charge in [-0.25, -0.2) is 4.79 Å². The fraction of sp³-hybridized carbons (Fsp3) is 0.235. The van der Waals surface area contributed by atoms with Crippen molar-refractivity contribution >= 4 is 5.97 Å². The predicted octanol–water partition coefficient (Wildman–Crippen LogP) is 3.05. The molecule has 1 unspecified atom stereocenters. The summed E-state index contributed by atoms with van der Waals surface area (Å²) < 4.78 is 5.25. The van der Waals surface area contributed by atoms with Gasteiger partial charge < -0.3 is 10.5 Å². The number of carbonyl (C=O) groups is 1. The van der Waals surface area contributed by atoms with E-state index in [1.807, 2.05) is 62.4 Å². The first-order chi connectivity index (χ1) is 9.58. The normalized spacial score (nSPS) is 11.9. The highest BCUT2D eigenvalue weighted by Crippen LogP contribution is 2.17. The monoisotopic (exact) mass is 269 g/mol. The van der Waals surface area contributed by atoms with Gasteiger partial charge in [0.1, 0.15) is 12.6 Å². The highest BCUT2D eigenvalue weighted by Gasteiger charge is 2.17. The Labute approximate surface area is 119 Å². The molecule has 0 saturated carbocycles. The molecular weight excluding hydrogens is 250 g/mol. The first-order valence-electron chi connectivity index (χ1n) is 6.61. The van der Waals surface area contributed by atoms with Crippen molar-refractivity contribution in [2.45, 2.75) is 26.5 Å². The van der Waals surface area contributed by atoms with Gasteiger partial charge in [0, 0.05) is 0 Å². The maximum Gasteiger partial charge on any atom is 0.327 e. The minimum atomic E-state index is -0.738. The van der Waals surface area contributed by atoms with Gasteiger partial charge in [0.25, 0.3) is 0 Å². The molecule has 2 rings (SSSR count). The van der Waals surface area contributed by atoms with Crippen LogP contribution in [0.4, 0.5) is 0 Å². The second-order valence-corrected chi connectivity index (χ2v) is 4.91. The molecular formula is C17H19NO2. The standard InChI is InChI=1S/C17H19NO2/c1-12-8-9-15(10-13(12)2)16(18)17(19)20-11-14-6-4-3-5-7-14/h3-10,16H,11,18H2,1-2H3. The molecule has 0 aromatic heterocycles. The third-order valence-electron chi connectivity index (χ3n) is 3.37. The lowest BCUT2D eigenvalue weighted by Crippen LogP contribution is -2.23. The molecule has 0 heterocycles. The zero-order chi connectivity index (χ0) is 14.5. The lowest BCUT2D eigenvalue weighted by Gasteiger charge is -2.13. The van der Waals surface area contributed by atoms with Crippen LogP contribution in [0.1, 0.15) is 28.3 Å². The van der Waals surface area contributed by atoms with E-state index < -0.39 is 12.0 Å². The number of rotatable bonds is 4. The van der Waals surface area contributed by atoms with Crippen molar-refractivity contribution in [3.8, 4) is 0 Å². The summed E-state index contributed by atoms with van der Waals surface area (Å²) in [5.41, 5.74) is 9.98. The van der Waals surface area contributed by atoms with E-state index in [9.17, 15) is 4.79 Å². The zero-order valence-electron chi connectivity index (χ0n) is 11.8. The number of benzene rings is 2. The van der Waals surface area contributed by atoms with Crippen LogP contribution in [0, 0.1) is 13.8 Å². The van der Waals surface area contributed by atoms with E-state index in [1.165, 1.54) is 5.56 Å². The molecule has 0 aliphatic carbocycles. The van der Waals surface area contributed by atoms with Crippen LogP contribution in [-0.4, -0.2) is 5.97 Å². The lowest BCUT2D eigenvalue weighted by molar-refractivity contribution is -0.146. The van der Waals surface area contributed by atoms with E-state index in [1.54, 1.807) is 0 Å². The number of aryl methyl sites for hydroxylation is 2. The van der Waals surface area contributed by atoms with Crippen molar-refractivity contribution in [3.63, 3.8) is 0 Å². The van der Waals surface area contributed by atoms with Crippen LogP contribution in [0.15, 0.2) is 48.5 Å². The van der Waals surface area contributed by atoms with Gasteiger partial charge >= 0.3 is 5.97 Å². The second kappa shape index (κ2) is 6.35. The Morgan fingerprint density at radius 2 is 1.80 bits per heavy atom. The number of carbonyl (C=O) groups excluding carboxylic acids is 1. The summed E-state index contributed by atoms with van der Waals surface area (Å²) in [7, 11) is 0. The SMILES string of the molecule is Cc1ccc(C(N)C(=O)OCc2ccccc2)cc1C. The van der Waals surface area contributed by atoms with Gasteiger partial charge in [0.15, 0.2) is 0 Å². The molecule has 0 spiro atoms. The molecule has 2 aromatic carbocycles. The minimum absolute atomic E-state index is 0.248. The van der Waals surface area contributed by atoms with Gasteiger partial charge in [-0.15, -0.1) is 0 Å². The van der Waals surface area contributed by atoms with Crippen molar-refractivity contribution in [1.82, 2.24) is 0 Å². The Hall–Kier alpha value is -2.13. The first kappa shape index (κ1) is 14.3. The molecule has 1 atom stereocenters. The Bertz CT molecular complexity index is 593. The van der Waals surface area contributed by atoms with Crippen molar-refractivity contribution < 1.29 is 9.53 Å². The zero-order valence-corrected chi connectivity index (χ0v) is 11.8. The van der Waals surface area contributed by atoms with Gasteiger partial charge in [-0.3, -0.25) is 0 Å². The average Bonchev–Trinajstić information content (AvgIpc) is 2.48. The second-order valence-electron chi connectivity index (χ2n) is 4.91. The molecule has 2 aromatic rings. The molecule has 0 radical (unpaired) electrons. The van der Waals surface area contributed by atoms with Gasteiger partial charge in [0.2, 0.25) is 0 Å². The molecule has 2 N–H and O–H groups in total. The van der Waals surface area contributed by atoms with E-state index >= 15 is 0 Å². The Balaban J connectivity index is 1.99. The van der Waals surface area contributed by atoms with Crippen molar-refractivity contribution in [2.24, 2.45) is 5.73 Å². The Morgan fingerprint density at radius 3 is 2.45 bits per heavy atom. The largest absolute Gasteiger partial charge is 0.459 e. The van der Waals surface area contributed by atoms with Crippen LogP contribution in [0.2, 0.25) is 0 Å². The van der Waals surface area contributed by atoms with Gasteiger partial charge in [-0.05, 0) is 36.1 Å². The van der Waals surface area contributed by atoms with E-state index in [2.05, 4.69) is 0 Å². The third kappa shape index (κ3) is 3.45. The summed E-state index contributed by atoms with van der Waals surface area (Å²) in [6.45, 7) is 4.28. The first-order valence-corrected chi connectivity index (χ1v) is 6.61. The van der Waals surface area contributed by atoms with Crippen molar-refractivity contribution in [2.75, 3.05) is 0 Å². The summed E-state index contributed by atoms with van der Waals surface area (Å²) in [6.07, 6.45) is 0. The highest BCUT2D eigenvalue weighted by molar-refractivity contribution is 5.77. The van der Waals surface area contributed by atoms with E-state index in [0.717, 1.165) is 16.7 Å². The summed E-state index contributed by atoms with van der Waals surface area (Å²) in [5, 5.41) is 0. The van der Waals surface area contributed by atoms with Crippen LogP contribution < -0.4 is 5.73 Å². The third-order valence-corrected chi connectivity index (χ3v) is 3.37. The highest BCUT2D eigenvalue weighted by atomic mass is 16.5. The molecule has 0 fully saturated rings. The molecule has 3 nitrogen and oxygen atoms in total. The van der Waals surface area contributed by atoms with Gasteiger partial charge in [-0.1, -0.05) is 48.5 Å². The molecule has 20 heavy (non-hydrogen) atoms. The smallest absolute Gasteiger partial charge is 0.327 e. The predicted molar refractivity (Wildman–Crippen MR) is 79.1 cm³/mol. The molecule has 0 bridgehead atoms. The number of nitrogens with two attached hydrogens (primary N) is 1. The van der Waals surface area contributed by atoms with E-state index in [-0.39, 0.29) is 6.61 Å². The fourth-order valence-corrected chi connectivity index (χ4v) is 1.91. The number of esters is 1. The van der Waals surface area contributed by atoms with Gasteiger partial charge in [-0.2, -0.15) is 0 Å². The summed E-state index contributed by atoms with van der Waals surface area (Å²) in [6, 6.07) is 14.6. The van der Waals surface area contributed by atoms with Crippen molar-refractivity contribution in [3.05, 3.63) is 70.8 Å². The topological polar surface area (TPSA) is 52.3 Å². The van der Waals surface area contributed by atoms with E-state index in [4.69, 9.17) is 10.5 Å². The van der Waals surface area contributed by atoms with Crippen molar-refractivity contribution in [1.29, 1.82) is 0 Å². The minimum Gasteiger partial charge on any atom is -0.459 e. The number of ether oxygens (including phenoxy) is 1. The maximum absolute atomic E-state index is 12.0. The summed E-state index contributed by atoms with van der Waals surface area (Å²) in [5.74, 6) is -0.405. The number of hydrogen-bond donors (Lipinski definition) is 1. The fourth-order valence-electron chi connectivity index (χ4n) is 1.91. The number of hydrogen-bond acceptors (Lipinski definition) is 3. The van der Waals surface area contributed by atoms with Crippen LogP contribution in [0.25, 0.3) is 0 Å². The van der Waals surface area contributed by atoms with Crippen LogP contribution >= 0.6 is 0 Å². The molecule has 0 saturated heterocycles. The summed E-state index contributed by atoms with van der Waals surface area (Å²) >= 11 is 0. The lowest BCUT2D eigenvalue weighted by atomic mass is 10.0. The average molecular weight is 269 g/mol. The van der Waals surface area contributed by atoms with Crippen LogP contribution in [-0.2, 0) is 16.1 Å². The van der Waals surface area contributed by atoms with Crippen LogP contribution in [0.5, 0.6) is 0 Å². The maximum atomic E-state index is 12.0. The summed E-state index contributed by atoms with van der Waals surface area (Å²) in [4.78, 5) is 12.0.